The number of benzene rings is 3. The summed E-state index contributed by atoms with van der Waals surface area (Å²) in [6, 6.07) is 25.5. The molecule has 33 heavy (non-hydrogen) atoms. The fourth-order valence-corrected chi connectivity index (χ4v) is 4.71. The van der Waals surface area contributed by atoms with Gasteiger partial charge in [-0.1, -0.05) is 61.4 Å². The minimum Gasteiger partial charge on any atom is -0.481 e. The zero-order valence-electron chi connectivity index (χ0n) is 18.9. The number of hydrogen-bond acceptors (Lipinski definition) is 3. The summed E-state index contributed by atoms with van der Waals surface area (Å²) in [7, 11) is 0. The van der Waals surface area contributed by atoms with Gasteiger partial charge in [-0.05, 0) is 61.2 Å². The first-order valence-electron chi connectivity index (χ1n) is 11.6. The second-order valence-electron chi connectivity index (χ2n) is 8.68. The molecule has 0 aromatic heterocycles. The van der Waals surface area contributed by atoms with Crippen molar-refractivity contribution in [2.24, 2.45) is 5.92 Å². The van der Waals surface area contributed by atoms with E-state index in [9.17, 15) is 14.7 Å². The molecule has 0 heterocycles. The molecular weight excluding hydrogens is 412 g/mol. The lowest BCUT2D eigenvalue weighted by Crippen LogP contribution is -2.25. The molecular formula is C28H30N2O3. The van der Waals surface area contributed by atoms with Crippen LogP contribution in [0.1, 0.15) is 49.8 Å². The number of carbonyl (C=O) groups is 2. The first-order valence-corrected chi connectivity index (χ1v) is 11.6. The Morgan fingerprint density at radius 2 is 1.61 bits per heavy atom. The van der Waals surface area contributed by atoms with Gasteiger partial charge in [0.25, 0.3) is 0 Å². The highest BCUT2D eigenvalue weighted by molar-refractivity contribution is 5.93. The van der Waals surface area contributed by atoms with Gasteiger partial charge < -0.3 is 15.3 Å². The third kappa shape index (κ3) is 5.43. The molecule has 1 unspecified atom stereocenters. The summed E-state index contributed by atoms with van der Waals surface area (Å²) in [6.07, 6.45) is 4.11. The van der Waals surface area contributed by atoms with Gasteiger partial charge in [-0.15, -0.1) is 0 Å². The molecule has 1 aliphatic rings. The second kappa shape index (κ2) is 10.3. The molecule has 1 aliphatic carbocycles. The van der Waals surface area contributed by atoms with Crippen LogP contribution in [0.3, 0.4) is 0 Å². The van der Waals surface area contributed by atoms with Crippen LogP contribution in [0.15, 0.2) is 78.9 Å². The van der Waals surface area contributed by atoms with Crippen LogP contribution in [0.2, 0.25) is 0 Å². The summed E-state index contributed by atoms with van der Waals surface area (Å²) >= 11 is 0. The number of carboxylic acid groups (broad SMARTS) is 1. The van der Waals surface area contributed by atoms with Gasteiger partial charge in [-0.2, -0.15) is 0 Å². The molecule has 0 spiro atoms. The summed E-state index contributed by atoms with van der Waals surface area (Å²) in [4.78, 5) is 26.3. The third-order valence-corrected chi connectivity index (χ3v) is 6.36. The van der Waals surface area contributed by atoms with Crippen molar-refractivity contribution in [1.82, 2.24) is 0 Å². The van der Waals surface area contributed by atoms with Gasteiger partial charge in [-0.3, -0.25) is 9.59 Å². The SMILES string of the molecule is CC(c1ccccc1NC(=O)C1CCCC1)N(c1ccccc1)c1cccc(CC(=O)O)c1. The molecule has 4 rings (SSSR count). The van der Waals surface area contributed by atoms with E-state index in [2.05, 4.69) is 17.1 Å². The fraction of sp³-hybridized carbons (Fsp3) is 0.286. The number of nitrogens with zero attached hydrogens (tertiary/aromatic N) is 1. The lowest BCUT2D eigenvalue weighted by molar-refractivity contribution is -0.136. The summed E-state index contributed by atoms with van der Waals surface area (Å²) < 4.78 is 0. The van der Waals surface area contributed by atoms with Crippen molar-refractivity contribution in [1.29, 1.82) is 0 Å². The number of carboxylic acids is 1. The quantitative estimate of drug-likeness (QED) is 0.427. The number of amides is 1. The highest BCUT2D eigenvalue weighted by Gasteiger charge is 2.25. The Hall–Kier alpha value is -3.60. The lowest BCUT2D eigenvalue weighted by atomic mass is 10.0. The van der Waals surface area contributed by atoms with E-state index in [1.165, 1.54) is 0 Å². The average Bonchev–Trinajstić information content (AvgIpc) is 3.35. The lowest BCUT2D eigenvalue weighted by Gasteiger charge is -2.33. The maximum atomic E-state index is 12.9. The summed E-state index contributed by atoms with van der Waals surface area (Å²) in [5, 5.41) is 12.4. The molecule has 1 atom stereocenters. The minimum absolute atomic E-state index is 0.0289. The highest BCUT2D eigenvalue weighted by atomic mass is 16.4. The summed E-state index contributed by atoms with van der Waals surface area (Å²) in [5.74, 6) is -0.667. The van der Waals surface area contributed by atoms with E-state index in [1.807, 2.05) is 78.9 Å². The van der Waals surface area contributed by atoms with E-state index in [1.54, 1.807) is 0 Å². The first-order chi connectivity index (χ1) is 16.0. The van der Waals surface area contributed by atoms with Gasteiger partial charge in [0.2, 0.25) is 5.91 Å². The molecule has 1 amide bonds. The maximum absolute atomic E-state index is 12.9. The molecule has 1 fully saturated rings. The molecule has 0 radical (unpaired) electrons. The standard InChI is InChI=1S/C28H30N2O3/c1-20(25-16-7-8-17-26(25)29-28(33)22-11-5-6-12-22)30(23-13-3-2-4-14-23)24-15-9-10-21(18-24)19-27(31)32/h2-4,7-10,13-18,20,22H,5-6,11-12,19H2,1H3,(H,29,33)(H,31,32). The maximum Gasteiger partial charge on any atom is 0.307 e. The fourth-order valence-electron chi connectivity index (χ4n) is 4.71. The van der Waals surface area contributed by atoms with Crippen molar-refractivity contribution in [3.8, 4) is 0 Å². The summed E-state index contributed by atoms with van der Waals surface area (Å²) in [5.41, 5.74) is 4.48. The molecule has 3 aromatic rings. The smallest absolute Gasteiger partial charge is 0.307 e. The van der Waals surface area contributed by atoms with Crippen LogP contribution < -0.4 is 10.2 Å². The predicted octanol–water partition coefficient (Wildman–Crippen LogP) is 6.34. The van der Waals surface area contributed by atoms with Crippen molar-refractivity contribution in [3.05, 3.63) is 90.0 Å². The Labute approximate surface area is 195 Å². The van der Waals surface area contributed by atoms with E-state index < -0.39 is 5.97 Å². The van der Waals surface area contributed by atoms with Crippen molar-refractivity contribution in [2.45, 2.75) is 45.1 Å². The molecule has 5 heteroatoms. The molecule has 0 aliphatic heterocycles. The number of rotatable bonds is 8. The Morgan fingerprint density at radius 3 is 2.33 bits per heavy atom. The highest BCUT2D eigenvalue weighted by Crippen LogP contribution is 2.38. The van der Waals surface area contributed by atoms with Crippen LogP contribution in [0, 0.1) is 5.92 Å². The predicted molar refractivity (Wildman–Crippen MR) is 132 cm³/mol. The molecule has 170 valence electrons. The zero-order valence-corrected chi connectivity index (χ0v) is 18.9. The van der Waals surface area contributed by atoms with E-state index in [-0.39, 0.29) is 24.3 Å². The Morgan fingerprint density at radius 1 is 0.939 bits per heavy atom. The first kappa shape index (κ1) is 22.6. The van der Waals surface area contributed by atoms with Crippen molar-refractivity contribution >= 4 is 28.9 Å². The van der Waals surface area contributed by atoms with Gasteiger partial charge in [0, 0.05) is 23.0 Å². The Bertz CT molecular complexity index is 1110. The molecule has 0 saturated heterocycles. The molecule has 0 bridgehead atoms. The van der Waals surface area contributed by atoms with Gasteiger partial charge in [0.1, 0.15) is 0 Å². The van der Waals surface area contributed by atoms with Crippen LogP contribution in [0.25, 0.3) is 0 Å². The molecule has 5 nitrogen and oxygen atoms in total. The van der Waals surface area contributed by atoms with Crippen LogP contribution >= 0.6 is 0 Å². The number of hydrogen-bond donors (Lipinski definition) is 2. The van der Waals surface area contributed by atoms with Crippen LogP contribution in [-0.4, -0.2) is 17.0 Å². The Kier molecular flexibility index (Phi) is 7.08. The number of anilines is 3. The van der Waals surface area contributed by atoms with E-state index in [4.69, 9.17) is 0 Å². The number of aliphatic carboxylic acids is 1. The van der Waals surface area contributed by atoms with Crippen LogP contribution in [-0.2, 0) is 16.0 Å². The van der Waals surface area contributed by atoms with Gasteiger partial charge in [0.05, 0.1) is 12.5 Å². The average molecular weight is 443 g/mol. The molecule has 2 N–H and O–H groups in total. The van der Waals surface area contributed by atoms with Crippen molar-refractivity contribution in [2.75, 3.05) is 10.2 Å². The topological polar surface area (TPSA) is 69.6 Å². The number of para-hydroxylation sites is 2. The van der Waals surface area contributed by atoms with E-state index >= 15 is 0 Å². The molecule has 3 aromatic carbocycles. The van der Waals surface area contributed by atoms with E-state index in [0.717, 1.165) is 53.9 Å². The monoisotopic (exact) mass is 442 g/mol. The zero-order chi connectivity index (χ0) is 23.2. The van der Waals surface area contributed by atoms with Crippen molar-refractivity contribution in [3.63, 3.8) is 0 Å². The summed E-state index contributed by atoms with van der Waals surface area (Å²) in [6.45, 7) is 2.11. The van der Waals surface area contributed by atoms with E-state index in [0.29, 0.717) is 0 Å². The van der Waals surface area contributed by atoms with Gasteiger partial charge >= 0.3 is 5.97 Å². The Balaban J connectivity index is 1.70. The third-order valence-electron chi connectivity index (χ3n) is 6.36. The number of nitrogens with one attached hydrogen (secondary N) is 1. The molecule has 1 saturated carbocycles. The van der Waals surface area contributed by atoms with Gasteiger partial charge in [0.15, 0.2) is 0 Å². The second-order valence-corrected chi connectivity index (χ2v) is 8.68. The van der Waals surface area contributed by atoms with Crippen molar-refractivity contribution < 1.29 is 14.7 Å². The largest absolute Gasteiger partial charge is 0.481 e. The minimum atomic E-state index is -0.855. The van der Waals surface area contributed by atoms with Crippen LogP contribution in [0.4, 0.5) is 17.1 Å². The normalized spacial score (nSPS) is 14.6. The van der Waals surface area contributed by atoms with Gasteiger partial charge in [-0.25, -0.2) is 0 Å². The number of carbonyl (C=O) groups excluding carboxylic acids is 1. The van der Waals surface area contributed by atoms with Crippen LogP contribution in [0.5, 0.6) is 0 Å².